The standard InChI is InChI=1S/C17H25N3O2/c1-2-6-18-14(4-1)10-19-12-16-17(13-19)22-9-7-20(16)11-15-5-3-8-21-15/h1-2,4,6,15-17H,3,5,7-13H2/t15?,16-,17+/m0/s1. The van der Waals surface area contributed by atoms with Crippen molar-refractivity contribution in [1.29, 1.82) is 0 Å². The lowest BCUT2D eigenvalue weighted by molar-refractivity contribution is -0.0615. The number of morpholine rings is 1. The maximum absolute atomic E-state index is 6.02. The van der Waals surface area contributed by atoms with E-state index in [-0.39, 0.29) is 0 Å². The van der Waals surface area contributed by atoms with Crippen molar-refractivity contribution >= 4 is 0 Å². The number of ether oxygens (including phenoxy) is 2. The lowest BCUT2D eigenvalue weighted by Gasteiger charge is -2.38. The van der Waals surface area contributed by atoms with E-state index in [4.69, 9.17) is 9.47 Å². The maximum Gasteiger partial charge on any atom is 0.0870 e. The summed E-state index contributed by atoms with van der Waals surface area (Å²) in [6.07, 6.45) is 5.09. The highest BCUT2D eigenvalue weighted by molar-refractivity contribution is 5.05. The van der Waals surface area contributed by atoms with Crippen LogP contribution in [-0.4, -0.2) is 72.4 Å². The SMILES string of the molecule is c1ccc(CN2C[C@H]3OCCN(CC4CCCO4)[C@H]3C2)nc1. The molecule has 3 aliphatic rings. The molecular formula is C17H25N3O2. The molecule has 120 valence electrons. The lowest BCUT2D eigenvalue weighted by Crippen LogP contribution is -2.52. The minimum Gasteiger partial charge on any atom is -0.377 e. The highest BCUT2D eigenvalue weighted by atomic mass is 16.5. The molecule has 0 N–H and O–H groups in total. The van der Waals surface area contributed by atoms with Crippen LogP contribution in [0.4, 0.5) is 0 Å². The molecule has 1 unspecified atom stereocenters. The first kappa shape index (κ1) is 14.6. The number of hydrogen-bond acceptors (Lipinski definition) is 5. The highest BCUT2D eigenvalue weighted by Crippen LogP contribution is 2.25. The van der Waals surface area contributed by atoms with Gasteiger partial charge in [-0.1, -0.05) is 6.07 Å². The molecule has 0 saturated carbocycles. The summed E-state index contributed by atoms with van der Waals surface area (Å²) in [7, 11) is 0. The Hall–Kier alpha value is -1.01. The zero-order chi connectivity index (χ0) is 14.8. The van der Waals surface area contributed by atoms with Crippen LogP contribution >= 0.6 is 0 Å². The largest absolute Gasteiger partial charge is 0.377 e. The van der Waals surface area contributed by atoms with Crippen molar-refractivity contribution in [3.8, 4) is 0 Å². The second kappa shape index (κ2) is 6.62. The average molecular weight is 303 g/mol. The fraction of sp³-hybridized carbons (Fsp3) is 0.706. The molecule has 5 heteroatoms. The van der Waals surface area contributed by atoms with E-state index in [1.165, 1.54) is 12.8 Å². The van der Waals surface area contributed by atoms with E-state index >= 15 is 0 Å². The number of pyridine rings is 1. The van der Waals surface area contributed by atoms with Crippen molar-refractivity contribution in [2.24, 2.45) is 0 Å². The van der Waals surface area contributed by atoms with Crippen LogP contribution in [0.15, 0.2) is 24.4 Å². The Kier molecular flexibility index (Phi) is 4.39. The van der Waals surface area contributed by atoms with Gasteiger partial charge in [-0.3, -0.25) is 14.8 Å². The van der Waals surface area contributed by atoms with Crippen LogP contribution in [0.1, 0.15) is 18.5 Å². The van der Waals surface area contributed by atoms with Crippen LogP contribution in [0.2, 0.25) is 0 Å². The number of rotatable bonds is 4. The molecule has 0 amide bonds. The minimum absolute atomic E-state index is 0.346. The van der Waals surface area contributed by atoms with Gasteiger partial charge in [-0.25, -0.2) is 0 Å². The Bertz CT molecular complexity index is 478. The molecule has 1 aromatic rings. The number of fused-ring (bicyclic) bond motifs is 1. The second-order valence-corrected chi connectivity index (χ2v) is 6.62. The first-order valence-electron chi connectivity index (χ1n) is 8.48. The van der Waals surface area contributed by atoms with Crippen LogP contribution in [0.3, 0.4) is 0 Å². The third kappa shape index (κ3) is 3.18. The van der Waals surface area contributed by atoms with Gasteiger partial charge in [-0.05, 0) is 25.0 Å². The summed E-state index contributed by atoms with van der Waals surface area (Å²) in [4.78, 5) is 9.52. The first-order chi connectivity index (χ1) is 10.9. The summed E-state index contributed by atoms with van der Waals surface area (Å²) in [5.41, 5.74) is 1.15. The van der Waals surface area contributed by atoms with Crippen molar-refractivity contribution in [2.75, 3.05) is 39.4 Å². The van der Waals surface area contributed by atoms with E-state index in [1.54, 1.807) is 0 Å². The van der Waals surface area contributed by atoms with Crippen LogP contribution in [-0.2, 0) is 16.0 Å². The monoisotopic (exact) mass is 303 g/mol. The van der Waals surface area contributed by atoms with Gasteiger partial charge >= 0.3 is 0 Å². The number of aromatic nitrogens is 1. The fourth-order valence-corrected chi connectivity index (χ4v) is 3.96. The van der Waals surface area contributed by atoms with Crippen molar-refractivity contribution in [3.63, 3.8) is 0 Å². The first-order valence-corrected chi connectivity index (χ1v) is 8.48. The number of likely N-dealkylation sites (tertiary alicyclic amines) is 1. The molecule has 0 aromatic carbocycles. The Balaban J connectivity index is 1.37. The molecule has 0 aliphatic carbocycles. The van der Waals surface area contributed by atoms with E-state index in [0.717, 1.165) is 51.6 Å². The average Bonchev–Trinajstić information content (AvgIpc) is 3.18. The van der Waals surface area contributed by atoms with Gasteiger partial charge < -0.3 is 9.47 Å². The topological polar surface area (TPSA) is 37.8 Å². The quantitative estimate of drug-likeness (QED) is 0.834. The zero-order valence-electron chi connectivity index (χ0n) is 13.1. The molecule has 0 spiro atoms. The highest BCUT2D eigenvalue weighted by Gasteiger charge is 2.40. The Morgan fingerprint density at radius 1 is 1.18 bits per heavy atom. The molecule has 1 aromatic heterocycles. The summed E-state index contributed by atoms with van der Waals surface area (Å²) in [6.45, 7) is 6.92. The third-order valence-electron chi connectivity index (χ3n) is 5.07. The van der Waals surface area contributed by atoms with Crippen molar-refractivity contribution in [3.05, 3.63) is 30.1 Å². The predicted molar refractivity (Wildman–Crippen MR) is 83.6 cm³/mol. The minimum atomic E-state index is 0.346. The Morgan fingerprint density at radius 2 is 2.18 bits per heavy atom. The Morgan fingerprint density at radius 3 is 3.00 bits per heavy atom. The lowest BCUT2D eigenvalue weighted by atomic mass is 10.1. The summed E-state index contributed by atoms with van der Waals surface area (Å²) in [6, 6.07) is 6.65. The fourth-order valence-electron chi connectivity index (χ4n) is 3.96. The van der Waals surface area contributed by atoms with Gasteiger partial charge in [0.05, 0.1) is 24.5 Å². The molecule has 3 atom stereocenters. The molecule has 5 nitrogen and oxygen atoms in total. The number of hydrogen-bond donors (Lipinski definition) is 0. The summed E-state index contributed by atoms with van der Waals surface area (Å²) in [5, 5.41) is 0. The maximum atomic E-state index is 6.02. The molecule has 22 heavy (non-hydrogen) atoms. The van der Waals surface area contributed by atoms with Gasteiger partial charge in [-0.2, -0.15) is 0 Å². The molecule has 3 saturated heterocycles. The predicted octanol–water partition coefficient (Wildman–Crippen LogP) is 1.15. The molecule has 0 radical (unpaired) electrons. The van der Waals surface area contributed by atoms with Crippen LogP contribution in [0.5, 0.6) is 0 Å². The van der Waals surface area contributed by atoms with Gasteiger partial charge in [0.1, 0.15) is 0 Å². The van der Waals surface area contributed by atoms with Crippen molar-refractivity contribution < 1.29 is 9.47 Å². The van der Waals surface area contributed by atoms with Gasteiger partial charge in [0.25, 0.3) is 0 Å². The van der Waals surface area contributed by atoms with Crippen molar-refractivity contribution in [1.82, 2.24) is 14.8 Å². The summed E-state index contributed by atoms with van der Waals surface area (Å²) < 4.78 is 11.8. The molecule has 3 aliphatic heterocycles. The molecule has 0 bridgehead atoms. The van der Waals surface area contributed by atoms with E-state index in [1.807, 2.05) is 12.3 Å². The van der Waals surface area contributed by atoms with E-state index in [2.05, 4.69) is 26.9 Å². The van der Waals surface area contributed by atoms with Gasteiger partial charge in [0, 0.05) is 51.6 Å². The molecule has 3 fully saturated rings. The molecule has 4 rings (SSSR count). The second-order valence-electron chi connectivity index (χ2n) is 6.62. The third-order valence-corrected chi connectivity index (χ3v) is 5.07. The normalized spacial score (nSPS) is 33.2. The van der Waals surface area contributed by atoms with Crippen LogP contribution in [0.25, 0.3) is 0 Å². The van der Waals surface area contributed by atoms with E-state index in [9.17, 15) is 0 Å². The van der Waals surface area contributed by atoms with Gasteiger partial charge in [0.2, 0.25) is 0 Å². The molecule has 4 heterocycles. The van der Waals surface area contributed by atoms with E-state index < -0.39 is 0 Å². The zero-order valence-corrected chi connectivity index (χ0v) is 13.1. The van der Waals surface area contributed by atoms with Crippen molar-refractivity contribution in [2.45, 2.75) is 37.6 Å². The van der Waals surface area contributed by atoms with Crippen LogP contribution < -0.4 is 0 Å². The summed E-state index contributed by atoms with van der Waals surface area (Å²) in [5.74, 6) is 0. The number of nitrogens with zero attached hydrogens (tertiary/aromatic N) is 3. The Labute approximate surface area is 132 Å². The van der Waals surface area contributed by atoms with Gasteiger partial charge in [-0.15, -0.1) is 0 Å². The molecular weight excluding hydrogens is 278 g/mol. The van der Waals surface area contributed by atoms with Crippen LogP contribution in [0, 0.1) is 0 Å². The van der Waals surface area contributed by atoms with Gasteiger partial charge in [0.15, 0.2) is 0 Å². The van der Waals surface area contributed by atoms with E-state index in [0.29, 0.717) is 18.2 Å². The summed E-state index contributed by atoms with van der Waals surface area (Å²) >= 11 is 0. The smallest absolute Gasteiger partial charge is 0.0870 e.